The number of rotatable bonds is 5. The Hall–Kier alpha value is -0.540. The Balaban J connectivity index is 1.72. The van der Waals surface area contributed by atoms with E-state index in [9.17, 15) is 0 Å². The van der Waals surface area contributed by atoms with Crippen molar-refractivity contribution in [3.63, 3.8) is 0 Å². The second-order valence-electron chi connectivity index (χ2n) is 5.02. The molecule has 1 saturated heterocycles. The lowest BCUT2D eigenvalue weighted by molar-refractivity contribution is 0.145. The van der Waals surface area contributed by atoms with Gasteiger partial charge >= 0.3 is 0 Å². The summed E-state index contributed by atoms with van der Waals surface area (Å²) in [6.07, 6.45) is 4.05. The highest BCUT2D eigenvalue weighted by Gasteiger charge is 2.17. The van der Waals surface area contributed by atoms with Crippen molar-refractivity contribution in [3.8, 4) is 5.75 Å². The van der Waals surface area contributed by atoms with Gasteiger partial charge < -0.3 is 4.74 Å². The third kappa shape index (κ3) is 4.29. The monoisotopic (exact) mass is 311 g/mol. The molecule has 0 aliphatic carbocycles. The normalized spacial score (nSPS) is 20.9. The molecular formula is C15H22BrNO. The summed E-state index contributed by atoms with van der Waals surface area (Å²) in [7, 11) is 0. The maximum Gasteiger partial charge on any atom is 0.120 e. The average Bonchev–Trinajstić information content (AvgIpc) is 2.39. The molecule has 1 aliphatic rings. The first-order chi connectivity index (χ1) is 8.78. The van der Waals surface area contributed by atoms with Crippen molar-refractivity contribution in [1.82, 2.24) is 4.90 Å². The Labute approximate surface area is 118 Å². The van der Waals surface area contributed by atoms with Crippen LogP contribution in [-0.2, 0) is 0 Å². The Morgan fingerprint density at radius 3 is 3.11 bits per heavy atom. The molecule has 0 spiro atoms. The van der Waals surface area contributed by atoms with Crippen LogP contribution in [0.5, 0.6) is 5.75 Å². The molecule has 0 amide bonds. The van der Waals surface area contributed by atoms with Gasteiger partial charge in [-0.3, -0.25) is 4.90 Å². The third-order valence-electron chi connectivity index (χ3n) is 3.65. The number of halogens is 1. The van der Waals surface area contributed by atoms with Crippen LogP contribution >= 0.6 is 15.9 Å². The standard InChI is InChI=1S/C15H22BrNO/c1-2-13-5-4-8-17(12-13)9-10-18-15-7-3-6-14(16)11-15/h3,6-7,11,13H,2,4-5,8-10,12H2,1H3. The van der Waals surface area contributed by atoms with Crippen LogP contribution in [0.2, 0.25) is 0 Å². The second kappa shape index (κ2) is 7.15. The minimum absolute atomic E-state index is 0.785. The highest BCUT2D eigenvalue weighted by Crippen LogP contribution is 2.20. The van der Waals surface area contributed by atoms with Crippen molar-refractivity contribution in [2.75, 3.05) is 26.2 Å². The van der Waals surface area contributed by atoms with Crippen molar-refractivity contribution in [3.05, 3.63) is 28.7 Å². The van der Waals surface area contributed by atoms with Crippen LogP contribution in [-0.4, -0.2) is 31.1 Å². The first kappa shape index (κ1) is 13.9. The van der Waals surface area contributed by atoms with Gasteiger partial charge in [0.1, 0.15) is 12.4 Å². The van der Waals surface area contributed by atoms with E-state index in [1.165, 1.54) is 32.4 Å². The molecular weight excluding hydrogens is 290 g/mol. The maximum absolute atomic E-state index is 5.79. The molecule has 0 radical (unpaired) electrons. The summed E-state index contributed by atoms with van der Waals surface area (Å²) >= 11 is 3.46. The highest BCUT2D eigenvalue weighted by molar-refractivity contribution is 9.10. The van der Waals surface area contributed by atoms with Crippen molar-refractivity contribution in [2.24, 2.45) is 5.92 Å². The fourth-order valence-corrected chi connectivity index (χ4v) is 2.92. The quantitative estimate of drug-likeness (QED) is 0.816. The van der Waals surface area contributed by atoms with Gasteiger partial charge in [0.15, 0.2) is 0 Å². The molecule has 2 rings (SSSR count). The molecule has 1 heterocycles. The number of benzene rings is 1. The molecule has 0 N–H and O–H groups in total. The van der Waals surface area contributed by atoms with Gasteiger partial charge in [0.05, 0.1) is 0 Å². The Morgan fingerprint density at radius 2 is 2.33 bits per heavy atom. The second-order valence-corrected chi connectivity index (χ2v) is 5.94. The van der Waals surface area contributed by atoms with Gasteiger partial charge in [-0.2, -0.15) is 0 Å². The smallest absolute Gasteiger partial charge is 0.120 e. The molecule has 1 atom stereocenters. The van der Waals surface area contributed by atoms with Gasteiger partial charge in [-0.05, 0) is 43.5 Å². The molecule has 0 aromatic heterocycles. The Morgan fingerprint density at radius 1 is 1.44 bits per heavy atom. The molecule has 1 aromatic rings. The number of likely N-dealkylation sites (tertiary alicyclic amines) is 1. The van der Waals surface area contributed by atoms with Gasteiger partial charge in [0.25, 0.3) is 0 Å². The van der Waals surface area contributed by atoms with E-state index in [2.05, 4.69) is 27.8 Å². The fraction of sp³-hybridized carbons (Fsp3) is 0.600. The minimum Gasteiger partial charge on any atom is -0.492 e. The zero-order chi connectivity index (χ0) is 12.8. The lowest BCUT2D eigenvalue weighted by Gasteiger charge is -2.32. The molecule has 0 bridgehead atoms. The average molecular weight is 312 g/mol. The van der Waals surface area contributed by atoms with Crippen molar-refractivity contribution < 1.29 is 4.74 Å². The van der Waals surface area contributed by atoms with Gasteiger partial charge in [-0.15, -0.1) is 0 Å². The van der Waals surface area contributed by atoms with E-state index in [1.807, 2.05) is 24.3 Å². The molecule has 1 fully saturated rings. The molecule has 100 valence electrons. The van der Waals surface area contributed by atoms with Gasteiger partial charge in [0, 0.05) is 17.6 Å². The van der Waals surface area contributed by atoms with Crippen LogP contribution in [0.1, 0.15) is 26.2 Å². The van der Waals surface area contributed by atoms with Crippen LogP contribution in [0.3, 0.4) is 0 Å². The van der Waals surface area contributed by atoms with Crippen LogP contribution in [0, 0.1) is 5.92 Å². The number of hydrogen-bond donors (Lipinski definition) is 0. The number of piperidine rings is 1. The first-order valence-electron chi connectivity index (χ1n) is 6.88. The van der Waals surface area contributed by atoms with E-state index < -0.39 is 0 Å². The molecule has 1 aromatic carbocycles. The summed E-state index contributed by atoms with van der Waals surface area (Å²) in [5.41, 5.74) is 0. The van der Waals surface area contributed by atoms with E-state index >= 15 is 0 Å². The summed E-state index contributed by atoms with van der Waals surface area (Å²) in [6.45, 7) is 6.61. The predicted molar refractivity (Wildman–Crippen MR) is 79.1 cm³/mol. The molecule has 3 heteroatoms. The molecule has 18 heavy (non-hydrogen) atoms. The maximum atomic E-state index is 5.79. The lowest BCUT2D eigenvalue weighted by atomic mass is 9.96. The lowest BCUT2D eigenvalue weighted by Crippen LogP contribution is -2.37. The summed E-state index contributed by atoms with van der Waals surface area (Å²) in [6, 6.07) is 8.05. The predicted octanol–water partition coefficient (Wildman–Crippen LogP) is 3.95. The van der Waals surface area contributed by atoms with E-state index in [0.29, 0.717) is 0 Å². The zero-order valence-corrected chi connectivity index (χ0v) is 12.7. The highest BCUT2D eigenvalue weighted by atomic mass is 79.9. The Kier molecular flexibility index (Phi) is 5.51. The minimum atomic E-state index is 0.785. The van der Waals surface area contributed by atoms with Gasteiger partial charge in [-0.1, -0.05) is 35.3 Å². The molecule has 0 saturated carbocycles. The molecule has 2 nitrogen and oxygen atoms in total. The van der Waals surface area contributed by atoms with E-state index in [1.54, 1.807) is 0 Å². The fourth-order valence-electron chi connectivity index (χ4n) is 2.54. The number of nitrogens with zero attached hydrogens (tertiary/aromatic N) is 1. The van der Waals surface area contributed by atoms with Crippen LogP contribution in [0.25, 0.3) is 0 Å². The number of ether oxygens (including phenoxy) is 1. The summed E-state index contributed by atoms with van der Waals surface area (Å²) in [4.78, 5) is 2.54. The van der Waals surface area contributed by atoms with Crippen molar-refractivity contribution in [1.29, 1.82) is 0 Å². The van der Waals surface area contributed by atoms with Crippen molar-refractivity contribution in [2.45, 2.75) is 26.2 Å². The molecule has 1 unspecified atom stereocenters. The largest absolute Gasteiger partial charge is 0.492 e. The van der Waals surface area contributed by atoms with Crippen LogP contribution in [0.15, 0.2) is 28.7 Å². The summed E-state index contributed by atoms with van der Waals surface area (Å²) < 4.78 is 6.86. The van der Waals surface area contributed by atoms with E-state index in [0.717, 1.165) is 29.3 Å². The topological polar surface area (TPSA) is 12.5 Å². The third-order valence-corrected chi connectivity index (χ3v) is 4.15. The Bertz CT molecular complexity index is 369. The first-order valence-corrected chi connectivity index (χ1v) is 7.68. The van der Waals surface area contributed by atoms with Crippen LogP contribution in [0.4, 0.5) is 0 Å². The number of hydrogen-bond acceptors (Lipinski definition) is 2. The SMILES string of the molecule is CCC1CCCN(CCOc2cccc(Br)c2)C1. The zero-order valence-electron chi connectivity index (χ0n) is 11.1. The van der Waals surface area contributed by atoms with Crippen LogP contribution < -0.4 is 4.74 Å². The summed E-state index contributed by atoms with van der Waals surface area (Å²) in [5.74, 6) is 1.85. The van der Waals surface area contributed by atoms with Crippen molar-refractivity contribution >= 4 is 15.9 Å². The van der Waals surface area contributed by atoms with Gasteiger partial charge in [-0.25, -0.2) is 0 Å². The van der Waals surface area contributed by atoms with E-state index in [4.69, 9.17) is 4.74 Å². The molecule has 1 aliphatic heterocycles. The van der Waals surface area contributed by atoms with Gasteiger partial charge in [0.2, 0.25) is 0 Å². The summed E-state index contributed by atoms with van der Waals surface area (Å²) in [5, 5.41) is 0. The van der Waals surface area contributed by atoms with E-state index in [-0.39, 0.29) is 0 Å².